The number of carboxylic acids is 1. The van der Waals surface area contributed by atoms with E-state index in [2.05, 4.69) is 0 Å². The van der Waals surface area contributed by atoms with E-state index in [9.17, 15) is 22.2 Å². The number of benzene rings is 2. The summed E-state index contributed by atoms with van der Waals surface area (Å²) >= 11 is 1.22. The summed E-state index contributed by atoms with van der Waals surface area (Å²) in [6.07, 6.45) is -4.63. The fourth-order valence-corrected chi connectivity index (χ4v) is 5.17. The lowest BCUT2D eigenvalue weighted by Crippen LogP contribution is -2.03. The van der Waals surface area contributed by atoms with Crippen LogP contribution in [0.3, 0.4) is 0 Å². The maximum absolute atomic E-state index is 13.0. The van der Waals surface area contributed by atoms with Crippen molar-refractivity contribution in [2.24, 2.45) is 0 Å². The van der Waals surface area contributed by atoms with Gasteiger partial charge in [-0.2, -0.15) is 13.2 Å². The molecule has 1 aromatic heterocycles. The molecule has 3 rings (SSSR count). The van der Waals surface area contributed by atoms with Gasteiger partial charge in [-0.1, -0.05) is 12.1 Å². The summed E-state index contributed by atoms with van der Waals surface area (Å²) < 4.78 is 57.2. The van der Waals surface area contributed by atoms with Crippen LogP contribution in [-0.4, -0.2) is 21.9 Å². The Labute approximate surface area is 177 Å². The van der Waals surface area contributed by atoms with E-state index in [0.717, 1.165) is 12.1 Å². The van der Waals surface area contributed by atoms with Crippen LogP contribution in [0.2, 0.25) is 0 Å². The maximum atomic E-state index is 13.0. The SMILES string of the molecule is CCOc1cc(CC(=O)O)cc(S(=O)c2cc(-c3ccc(C(F)(F)F)cc3)cs2)c1. The number of alkyl halides is 3. The Morgan fingerprint density at radius 2 is 1.80 bits per heavy atom. The second-order valence-corrected chi connectivity index (χ2v) is 8.93. The number of carbonyl (C=O) groups is 1. The second-order valence-electron chi connectivity index (χ2n) is 6.31. The lowest BCUT2D eigenvalue weighted by Gasteiger charge is -2.09. The molecule has 0 fully saturated rings. The van der Waals surface area contributed by atoms with E-state index in [-0.39, 0.29) is 6.42 Å². The summed E-state index contributed by atoms with van der Waals surface area (Å²) in [5.41, 5.74) is 0.973. The minimum Gasteiger partial charge on any atom is -0.494 e. The Morgan fingerprint density at radius 3 is 2.40 bits per heavy atom. The molecule has 1 unspecified atom stereocenters. The van der Waals surface area contributed by atoms with Gasteiger partial charge in [0.25, 0.3) is 0 Å². The molecule has 4 nitrogen and oxygen atoms in total. The molecular formula is C21H17F3O4S2. The van der Waals surface area contributed by atoms with Gasteiger partial charge in [0.2, 0.25) is 0 Å². The zero-order valence-electron chi connectivity index (χ0n) is 15.7. The van der Waals surface area contributed by atoms with Crippen LogP contribution < -0.4 is 4.74 Å². The van der Waals surface area contributed by atoms with Crippen LogP contribution in [0.4, 0.5) is 13.2 Å². The van der Waals surface area contributed by atoms with Gasteiger partial charge in [-0.15, -0.1) is 11.3 Å². The number of thiophene rings is 1. The molecule has 0 aliphatic rings. The molecule has 0 aliphatic heterocycles. The van der Waals surface area contributed by atoms with Gasteiger partial charge in [0.05, 0.1) is 33.6 Å². The van der Waals surface area contributed by atoms with Crippen LogP contribution in [-0.2, 0) is 28.2 Å². The largest absolute Gasteiger partial charge is 0.494 e. The third-order valence-electron chi connectivity index (χ3n) is 4.12. The van der Waals surface area contributed by atoms with Gasteiger partial charge in [-0.05, 0) is 65.4 Å². The van der Waals surface area contributed by atoms with Gasteiger partial charge in [0, 0.05) is 4.90 Å². The molecule has 3 aromatic rings. The molecular weight excluding hydrogens is 437 g/mol. The van der Waals surface area contributed by atoms with Crippen LogP contribution in [0.15, 0.2) is 63.0 Å². The quantitative estimate of drug-likeness (QED) is 0.503. The Bertz CT molecular complexity index is 1070. The lowest BCUT2D eigenvalue weighted by molar-refractivity contribution is -0.138. The summed E-state index contributed by atoms with van der Waals surface area (Å²) in [4.78, 5) is 11.5. The standard InChI is InChI=1S/C21H17F3O4S2/c1-2-28-17-7-13(9-19(25)26)8-18(11-17)30(27)20-10-15(12-29-20)14-3-5-16(6-4-14)21(22,23)24/h3-8,10-12H,2,9H2,1H3,(H,25,26). The van der Waals surface area contributed by atoms with Gasteiger partial charge in [0.1, 0.15) is 5.75 Å². The predicted octanol–water partition coefficient (Wildman–Crippen LogP) is 5.63. The van der Waals surface area contributed by atoms with Gasteiger partial charge in [-0.3, -0.25) is 4.79 Å². The van der Waals surface area contributed by atoms with Gasteiger partial charge in [-0.25, -0.2) is 4.21 Å². The first-order valence-electron chi connectivity index (χ1n) is 8.84. The molecule has 2 aromatic carbocycles. The second kappa shape index (κ2) is 9.01. The predicted molar refractivity (Wildman–Crippen MR) is 108 cm³/mol. The van der Waals surface area contributed by atoms with Crippen LogP contribution >= 0.6 is 11.3 Å². The fraction of sp³-hybridized carbons (Fsp3) is 0.190. The van der Waals surface area contributed by atoms with E-state index in [1.165, 1.54) is 23.5 Å². The molecule has 0 saturated heterocycles. The van der Waals surface area contributed by atoms with Crippen molar-refractivity contribution in [3.63, 3.8) is 0 Å². The van der Waals surface area contributed by atoms with Crippen molar-refractivity contribution in [2.75, 3.05) is 6.61 Å². The van der Waals surface area contributed by atoms with E-state index in [4.69, 9.17) is 9.84 Å². The van der Waals surface area contributed by atoms with Gasteiger partial charge >= 0.3 is 12.1 Å². The number of rotatable bonds is 7. The van der Waals surface area contributed by atoms with Crippen molar-refractivity contribution in [1.29, 1.82) is 0 Å². The van der Waals surface area contributed by atoms with Crippen LogP contribution in [0.1, 0.15) is 18.1 Å². The smallest absolute Gasteiger partial charge is 0.416 e. The molecule has 0 radical (unpaired) electrons. The first kappa shape index (κ1) is 22.0. The van der Waals surface area contributed by atoms with Crippen molar-refractivity contribution in [1.82, 2.24) is 0 Å². The molecule has 0 spiro atoms. The Hall–Kier alpha value is -2.65. The summed E-state index contributed by atoms with van der Waals surface area (Å²) in [6, 6.07) is 11.2. The van der Waals surface area contributed by atoms with E-state index in [1.54, 1.807) is 36.6 Å². The molecule has 1 N–H and O–H groups in total. The first-order valence-corrected chi connectivity index (χ1v) is 10.9. The zero-order chi connectivity index (χ0) is 21.9. The molecule has 0 bridgehead atoms. The summed E-state index contributed by atoms with van der Waals surface area (Å²) in [5.74, 6) is -0.583. The highest BCUT2D eigenvalue weighted by Gasteiger charge is 2.30. The Morgan fingerprint density at radius 1 is 1.10 bits per heavy atom. The number of hydrogen-bond acceptors (Lipinski definition) is 4. The summed E-state index contributed by atoms with van der Waals surface area (Å²) in [5, 5.41) is 10.8. The van der Waals surface area contributed by atoms with E-state index in [1.807, 2.05) is 0 Å². The normalized spacial score (nSPS) is 12.5. The molecule has 0 amide bonds. The van der Waals surface area contributed by atoms with Crippen molar-refractivity contribution in [2.45, 2.75) is 28.6 Å². The number of hydrogen-bond donors (Lipinski definition) is 1. The lowest BCUT2D eigenvalue weighted by atomic mass is 10.1. The molecule has 30 heavy (non-hydrogen) atoms. The Kier molecular flexibility index (Phi) is 6.62. The number of halogens is 3. The van der Waals surface area contributed by atoms with Crippen molar-refractivity contribution >= 4 is 28.1 Å². The van der Waals surface area contributed by atoms with E-state index < -0.39 is 28.5 Å². The average molecular weight is 454 g/mol. The third kappa shape index (κ3) is 5.28. The zero-order valence-corrected chi connectivity index (χ0v) is 17.4. The average Bonchev–Trinajstić information content (AvgIpc) is 3.16. The fourth-order valence-electron chi connectivity index (χ4n) is 2.80. The number of aliphatic carboxylic acids is 1. The van der Waals surface area contributed by atoms with Crippen LogP contribution in [0.25, 0.3) is 11.1 Å². The van der Waals surface area contributed by atoms with Crippen LogP contribution in [0.5, 0.6) is 5.75 Å². The van der Waals surface area contributed by atoms with Crippen LogP contribution in [0, 0.1) is 0 Å². The highest BCUT2D eigenvalue weighted by molar-refractivity contribution is 7.87. The van der Waals surface area contributed by atoms with Gasteiger partial charge < -0.3 is 9.84 Å². The topological polar surface area (TPSA) is 63.6 Å². The highest BCUT2D eigenvalue weighted by atomic mass is 32.2. The van der Waals surface area contributed by atoms with E-state index in [0.29, 0.717) is 38.2 Å². The van der Waals surface area contributed by atoms with Crippen molar-refractivity contribution in [3.8, 4) is 16.9 Å². The number of ether oxygens (including phenoxy) is 1. The van der Waals surface area contributed by atoms with E-state index >= 15 is 0 Å². The van der Waals surface area contributed by atoms with Gasteiger partial charge in [0.15, 0.2) is 0 Å². The molecule has 1 atom stereocenters. The molecule has 1 heterocycles. The molecule has 158 valence electrons. The molecule has 0 aliphatic carbocycles. The maximum Gasteiger partial charge on any atom is 0.416 e. The monoisotopic (exact) mass is 454 g/mol. The first-order chi connectivity index (χ1) is 14.2. The highest BCUT2D eigenvalue weighted by Crippen LogP contribution is 2.34. The van der Waals surface area contributed by atoms with Crippen molar-refractivity contribution in [3.05, 3.63) is 65.0 Å². The Balaban J connectivity index is 1.89. The summed E-state index contributed by atoms with van der Waals surface area (Å²) in [7, 11) is -1.59. The molecule has 0 saturated carbocycles. The minimum absolute atomic E-state index is 0.230. The molecule has 9 heteroatoms. The number of carboxylic acid groups (broad SMARTS) is 1. The summed E-state index contributed by atoms with van der Waals surface area (Å²) in [6.45, 7) is 2.16. The van der Waals surface area contributed by atoms with Crippen molar-refractivity contribution < 1.29 is 32.0 Å². The minimum atomic E-state index is -4.40. The third-order valence-corrected chi connectivity index (χ3v) is 6.74.